The SMILES string of the molecule is C#CN(C(=O)C(CO)NC(=O)OC(C)(C)C)C(C(=O)Nc1ccccc1C)c1cc(C)cc(C)c1. The maximum Gasteiger partial charge on any atom is 0.408 e. The number of nitrogens with one attached hydrogen (secondary N) is 2. The van der Waals surface area contributed by atoms with Gasteiger partial charge < -0.3 is 20.5 Å². The number of hydrogen-bond donors (Lipinski definition) is 3. The molecule has 186 valence electrons. The lowest BCUT2D eigenvalue weighted by Gasteiger charge is -2.30. The van der Waals surface area contributed by atoms with Gasteiger partial charge in [0, 0.05) is 11.7 Å². The molecule has 0 aliphatic carbocycles. The summed E-state index contributed by atoms with van der Waals surface area (Å²) in [4.78, 5) is 40.1. The number of nitrogens with zero attached hydrogens (tertiary/aromatic N) is 1. The lowest BCUT2D eigenvalue weighted by molar-refractivity contribution is -0.137. The number of alkyl carbamates (subject to hydrolysis) is 1. The molecule has 2 rings (SSSR count). The second-order valence-electron chi connectivity index (χ2n) is 9.35. The van der Waals surface area contributed by atoms with E-state index in [1.165, 1.54) is 0 Å². The van der Waals surface area contributed by atoms with Gasteiger partial charge in [-0.2, -0.15) is 0 Å². The lowest BCUT2D eigenvalue weighted by Crippen LogP contribution is -2.52. The monoisotopic (exact) mass is 479 g/mol. The molecule has 0 bridgehead atoms. The highest BCUT2D eigenvalue weighted by molar-refractivity contribution is 6.00. The Morgan fingerprint density at radius 3 is 2.20 bits per heavy atom. The fraction of sp³-hybridized carbons (Fsp3) is 0.370. The van der Waals surface area contributed by atoms with Crippen molar-refractivity contribution in [2.24, 2.45) is 0 Å². The number of ether oxygens (including phenoxy) is 1. The van der Waals surface area contributed by atoms with Crippen LogP contribution in [0.4, 0.5) is 10.5 Å². The van der Waals surface area contributed by atoms with Gasteiger partial charge >= 0.3 is 6.09 Å². The van der Waals surface area contributed by atoms with Gasteiger partial charge in [0.2, 0.25) is 0 Å². The molecular weight excluding hydrogens is 446 g/mol. The molecule has 0 aromatic heterocycles. The maximum absolute atomic E-state index is 13.5. The predicted molar refractivity (Wildman–Crippen MR) is 134 cm³/mol. The van der Waals surface area contributed by atoms with E-state index in [9.17, 15) is 19.5 Å². The van der Waals surface area contributed by atoms with Crippen molar-refractivity contribution in [3.05, 3.63) is 64.7 Å². The van der Waals surface area contributed by atoms with E-state index in [2.05, 4.69) is 16.7 Å². The summed E-state index contributed by atoms with van der Waals surface area (Å²) in [6, 6.07) is 12.3. The predicted octanol–water partition coefficient (Wildman–Crippen LogP) is 3.60. The number of aliphatic hydroxyl groups excluding tert-OH is 1. The van der Waals surface area contributed by atoms with Gasteiger partial charge in [-0.25, -0.2) is 4.79 Å². The van der Waals surface area contributed by atoms with Crippen molar-refractivity contribution in [1.29, 1.82) is 0 Å². The van der Waals surface area contributed by atoms with E-state index in [4.69, 9.17) is 11.2 Å². The molecule has 0 fully saturated rings. The molecule has 35 heavy (non-hydrogen) atoms. The second-order valence-corrected chi connectivity index (χ2v) is 9.35. The first-order chi connectivity index (χ1) is 16.4. The number of rotatable bonds is 7. The molecular formula is C27H33N3O5. The number of amides is 3. The fourth-order valence-corrected chi connectivity index (χ4v) is 3.57. The summed E-state index contributed by atoms with van der Waals surface area (Å²) in [5, 5.41) is 15.0. The van der Waals surface area contributed by atoms with Crippen molar-refractivity contribution in [3.63, 3.8) is 0 Å². The summed E-state index contributed by atoms with van der Waals surface area (Å²) in [5.41, 5.74) is 2.84. The Bertz CT molecular complexity index is 1110. The minimum Gasteiger partial charge on any atom is -0.444 e. The second kappa shape index (κ2) is 11.5. The number of para-hydroxylation sites is 1. The van der Waals surface area contributed by atoms with Crippen molar-refractivity contribution in [2.45, 2.75) is 59.2 Å². The van der Waals surface area contributed by atoms with Gasteiger partial charge in [0.05, 0.1) is 6.61 Å². The quantitative estimate of drug-likeness (QED) is 0.415. The topological polar surface area (TPSA) is 108 Å². The molecule has 2 aromatic rings. The molecule has 2 atom stereocenters. The Morgan fingerprint density at radius 2 is 1.69 bits per heavy atom. The average molecular weight is 480 g/mol. The van der Waals surface area contributed by atoms with Gasteiger partial charge in [0.1, 0.15) is 17.7 Å². The van der Waals surface area contributed by atoms with Gasteiger partial charge in [-0.15, -0.1) is 0 Å². The number of hydrogen-bond acceptors (Lipinski definition) is 5. The number of anilines is 1. The zero-order chi connectivity index (χ0) is 26.3. The van der Waals surface area contributed by atoms with Crippen LogP contribution < -0.4 is 10.6 Å². The van der Waals surface area contributed by atoms with Gasteiger partial charge in [0.25, 0.3) is 11.8 Å². The van der Waals surface area contributed by atoms with Crippen LogP contribution in [0.2, 0.25) is 0 Å². The Balaban J connectivity index is 2.46. The fourth-order valence-electron chi connectivity index (χ4n) is 3.57. The highest BCUT2D eigenvalue weighted by Gasteiger charge is 2.36. The number of terminal acetylenes is 1. The van der Waals surface area contributed by atoms with Gasteiger partial charge in [-0.3, -0.25) is 14.5 Å². The molecule has 0 aliphatic heterocycles. The maximum atomic E-state index is 13.5. The molecule has 0 saturated carbocycles. The van der Waals surface area contributed by atoms with Crippen LogP contribution in [-0.2, 0) is 14.3 Å². The van der Waals surface area contributed by atoms with Crippen LogP contribution in [0.3, 0.4) is 0 Å². The third-order valence-corrected chi connectivity index (χ3v) is 5.02. The molecule has 3 amide bonds. The summed E-state index contributed by atoms with van der Waals surface area (Å²) in [5.74, 6) is -1.37. The van der Waals surface area contributed by atoms with E-state index in [0.717, 1.165) is 21.6 Å². The lowest BCUT2D eigenvalue weighted by atomic mass is 9.98. The first kappa shape index (κ1) is 27.4. The highest BCUT2D eigenvalue weighted by atomic mass is 16.6. The molecule has 8 nitrogen and oxygen atoms in total. The van der Waals surface area contributed by atoms with Crippen molar-refractivity contribution in [1.82, 2.24) is 10.2 Å². The molecule has 0 saturated heterocycles. The van der Waals surface area contributed by atoms with Crippen LogP contribution in [0.5, 0.6) is 0 Å². The Labute approximate surface area is 206 Å². The molecule has 3 N–H and O–H groups in total. The zero-order valence-corrected chi connectivity index (χ0v) is 21.0. The summed E-state index contributed by atoms with van der Waals surface area (Å²) in [6.07, 6.45) is 4.83. The molecule has 0 aliphatic rings. The van der Waals surface area contributed by atoms with Crippen LogP contribution in [-0.4, -0.2) is 46.2 Å². The van der Waals surface area contributed by atoms with Gasteiger partial charge in [0.15, 0.2) is 0 Å². The number of carbonyl (C=O) groups is 3. The average Bonchev–Trinajstić information content (AvgIpc) is 2.74. The molecule has 2 unspecified atom stereocenters. The molecule has 0 heterocycles. The Morgan fingerprint density at radius 1 is 1.09 bits per heavy atom. The number of carbonyl (C=O) groups excluding carboxylic acids is 3. The van der Waals surface area contributed by atoms with Crippen LogP contribution in [0, 0.1) is 33.2 Å². The molecule has 0 spiro atoms. The van der Waals surface area contributed by atoms with E-state index >= 15 is 0 Å². The van der Waals surface area contributed by atoms with E-state index in [0.29, 0.717) is 11.3 Å². The third-order valence-electron chi connectivity index (χ3n) is 5.02. The highest BCUT2D eigenvalue weighted by Crippen LogP contribution is 2.26. The number of aryl methyl sites for hydroxylation is 3. The minimum absolute atomic E-state index is 0.494. The Kier molecular flexibility index (Phi) is 9.04. The van der Waals surface area contributed by atoms with Crippen molar-refractivity contribution < 1.29 is 24.2 Å². The summed E-state index contributed by atoms with van der Waals surface area (Å²) < 4.78 is 5.19. The van der Waals surface area contributed by atoms with Gasteiger partial charge in [-0.1, -0.05) is 53.9 Å². The van der Waals surface area contributed by atoms with Crippen molar-refractivity contribution >= 4 is 23.6 Å². The van der Waals surface area contributed by atoms with E-state index in [-0.39, 0.29) is 0 Å². The van der Waals surface area contributed by atoms with Crippen molar-refractivity contribution in [2.75, 3.05) is 11.9 Å². The summed E-state index contributed by atoms with van der Waals surface area (Å²) in [6.45, 7) is 9.85. The van der Waals surface area contributed by atoms with E-state index in [1.54, 1.807) is 45.0 Å². The summed E-state index contributed by atoms with van der Waals surface area (Å²) in [7, 11) is 0. The van der Waals surface area contributed by atoms with Crippen molar-refractivity contribution in [3.8, 4) is 12.5 Å². The smallest absolute Gasteiger partial charge is 0.408 e. The van der Waals surface area contributed by atoms with Crippen LogP contribution >= 0.6 is 0 Å². The molecule has 0 radical (unpaired) electrons. The van der Waals surface area contributed by atoms with Crippen LogP contribution in [0.15, 0.2) is 42.5 Å². The summed E-state index contributed by atoms with van der Waals surface area (Å²) >= 11 is 0. The first-order valence-corrected chi connectivity index (χ1v) is 11.2. The van der Waals surface area contributed by atoms with E-state index in [1.807, 2.05) is 39.0 Å². The Hall–Kier alpha value is -3.83. The molecule has 2 aromatic carbocycles. The minimum atomic E-state index is -1.42. The largest absolute Gasteiger partial charge is 0.444 e. The first-order valence-electron chi connectivity index (χ1n) is 11.2. The zero-order valence-electron chi connectivity index (χ0n) is 21.0. The number of aliphatic hydroxyl groups is 1. The van der Waals surface area contributed by atoms with Crippen LogP contribution in [0.25, 0.3) is 0 Å². The normalized spacial score (nSPS) is 12.6. The van der Waals surface area contributed by atoms with E-state index < -0.39 is 42.2 Å². The van der Waals surface area contributed by atoms with Crippen LogP contribution in [0.1, 0.15) is 49.1 Å². The number of benzene rings is 2. The standard InChI is InChI=1S/C27H33N3O5/c1-8-30(25(33)22(16-31)29-26(34)35-27(5,6)7)23(20-14-17(2)13-18(3)15-20)24(32)28-21-12-10-9-11-19(21)4/h1,9-15,22-23,31H,16H2,2-7H3,(H,28,32)(H,29,34). The third kappa shape index (κ3) is 7.59. The van der Waals surface area contributed by atoms with Gasteiger partial charge in [-0.05, 0) is 58.7 Å². The molecule has 8 heteroatoms.